The molecule has 0 aliphatic heterocycles. The predicted octanol–water partition coefficient (Wildman–Crippen LogP) is 3.04. The molecule has 0 aliphatic carbocycles. The number of hydrogen-bond acceptors (Lipinski definition) is 4. The van der Waals surface area contributed by atoms with Gasteiger partial charge in [0.25, 0.3) is 0 Å². The van der Waals surface area contributed by atoms with E-state index in [0.29, 0.717) is 6.07 Å². The molecular weight excluding hydrogens is 267 g/mol. The number of ether oxygens (including phenoxy) is 1. The van der Waals surface area contributed by atoms with Gasteiger partial charge < -0.3 is 4.74 Å². The third-order valence-electron chi connectivity index (χ3n) is 2.06. The van der Waals surface area contributed by atoms with Gasteiger partial charge in [-0.2, -0.15) is 18.4 Å². The minimum atomic E-state index is -4.74. The van der Waals surface area contributed by atoms with Crippen LogP contribution in [-0.4, -0.2) is 12.6 Å². The molecule has 0 radical (unpaired) electrons. The van der Waals surface area contributed by atoms with E-state index in [-0.39, 0.29) is 17.1 Å². The second-order valence-corrected chi connectivity index (χ2v) is 3.73. The first-order valence-corrected chi connectivity index (χ1v) is 5.27. The van der Waals surface area contributed by atoms with E-state index in [1.54, 1.807) is 6.07 Å². The van der Waals surface area contributed by atoms with E-state index in [4.69, 9.17) is 5.26 Å². The zero-order valence-electron chi connectivity index (χ0n) is 9.21. The third-order valence-corrected chi connectivity index (χ3v) is 2.43. The van der Waals surface area contributed by atoms with Crippen LogP contribution in [0, 0.1) is 11.3 Å². The summed E-state index contributed by atoms with van der Waals surface area (Å²) in [6, 6.07) is 3.06. The number of halogens is 3. The molecule has 0 N–H and O–H groups in total. The van der Waals surface area contributed by atoms with Crippen LogP contribution in [0.15, 0.2) is 17.0 Å². The summed E-state index contributed by atoms with van der Waals surface area (Å²) in [6.07, 6.45) is -4.74. The van der Waals surface area contributed by atoms with Gasteiger partial charge >= 0.3 is 12.1 Å². The molecule has 0 saturated heterocycles. The van der Waals surface area contributed by atoms with Gasteiger partial charge in [-0.25, -0.2) is 4.79 Å². The second-order valence-electron chi connectivity index (χ2n) is 3.24. The molecule has 0 aromatic heterocycles. The molecule has 0 saturated carbocycles. The van der Waals surface area contributed by atoms with Crippen molar-refractivity contribution in [1.29, 1.82) is 5.26 Å². The smallest absolute Gasteiger partial charge is 0.417 e. The summed E-state index contributed by atoms with van der Waals surface area (Å²) in [4.78, 5) is 11.4. The van der Waals surface area contributed by atoms with Crippen molar-refractivity contribution in [2.75, 3.05) is 6.61 Å². The lowest BCUT2D eigenvalue weighted by Crippen LogP contribution is -2.15. The summed E-state index contributed by atoms with van der Waals surface area (Å²) >= 11 is 3.86. The van der Waals surface area contributed by atoms with Gasteiger partial charge in [-0.3, -0.25) is 0 Å². The van der Waals surface area contributed by atoms with Crippen molar-refractivity contribution in [3.63, 3.8) is 0 Å². The van der Waals surface area contributed by atoms with E-state index in [9.17, 15) is 18.0 Å². The molecule has 0 atom stereocenters. The number of carbonyl (C=O) groups excluding carboxylic acids is 1. The summed E-state index contributed by atoms with van der Waals surface area (Å²) in [6.45, 7) is 1.44. The molecule has 3 nitrogen and oxygen atoms in total. The number of nitriles is 1. The van der Waals surface area contributed by atoms with Crippen molar-refractivity contribution in [2.24, 2.45) is 0 Å². The summed E-state index contributed by atoms with van der Waals surface area (Å²) < 4.78 is 42.8. The second kappa shape index (κ2) is 5.31. The van der Waals surface area contributed by atoms with Gasteiger partial charge in [0.05, 0.1) is 23.3 Å². The predicted molar refractivity (Wildman–Crippen MR) is 59.4 cm³/mol. The van der Waals surface area contributed by atoms with Crippen molar-refractivity contribution in [3.05, 3.63) is 28.8 Å². The molecule has 0 unspecified atom stereocenters. The van der Waals surface area contributed by atoms with Crippen molar-refractivity contribution in [3.8, 4) is 6.07 Å². The Morgan fingerprint density at radius 3 is 2.56 bits per heavy atom. The van der Waals surface area contributed by atoms with Crippen molar-refractivity contribution in [1.82, 2.24) is 0 Å². The fourth-order valence-corrected chi connectivity index (χ4v) is 1.53. The van der Waals surface area contributed by atoms with Crippen LogP contribution < -0.4 is 0 Å². The highest BCUT2D eigenvalue weighted by Crippen LogP contribution is 2.34. The van der Waals surface area contributed by atoms with E-state index in [2.05, 4.69) is 17.4 Å². The Morgan fingerprint density at radius 2 is 2.11 bits per heavy atom. The SMILES string of the molecule is CCOC(=O)c1cc(S)c(C#N)cc1C(F)(F)F. The number of nitrogens with zero attached hydrogens (tertiary/aromatic N) is 1. The zero-order chi connectivity index (χ0) is 13.9. The van der Waals surface area contributed by atoms with Gasteiger partial charge in [0.15, 0.2) is 0 Å². The van der Waals surface area contributed by atoms with Gasteiger partial charge in [0, 0.05) is 4.90 Å². The molecule has 1 rings (SSSR count). The Hall–Kier alpha value is -1.68. The molecule has 0 amide bonds. The Morgan fingerprint density at radius 1 is 1.50 bits per heavy atom. The first kappa shape index (κ1) is 14.4. The van der Waals surface area contributed by atoms with Gasteiger partial charge in [-0.05, 0) is 19.1 Å². The number of rotatable bonds is 2. The standard InChI is InChI=1S/C11H8F3NO2S/c1-2-17-10(16)7-4-9(18)6(5-15)3-8(7)11(12,13)14/h3-4,18H,2H2,1H3. The van der Waals surface area contributed by atoms with Crippen LogP contribution in [0.3, 0.4) is 0 Å². The molecule has 96 valence electrons. The van der Waals surface area contributed by atoms with Gasteiger partial charge in [-0.1, -0.05) is 0 Å². The van der Waals surface area contributed by atoms with E-state index in [1.807, 2.05) is 0 Å². The summed E-state index contributed by atoms with van der Waals surface area (Å²) in [7, 11) is 0. The Bertz CT molecular complexity index is 520. The molecule has 18 heavy (non-hydrogen) atoms. The average Bonchev–Trinajstić information content (AvgIpc) is 2.27. The minimum absolute atomic E-state index is 0.00597. The normalized spacial score (nSPS) is 10.9. The number of hydrogen-bond donors (Lipinski definition) is 1. The quantitative estimate of drug-likeness (QED) is 0.666. The third kappa shape index (κ3) is 2.96. The molecular formula is C11H8F3NO2S. The van der Waals surface area contributed by atoms with Crippen molar-refractivity contribution < 1.29 is 22.7 Å². The van der Waals surface area contributed by atoms with Crippen molar-refractivity contribution in [2.45, 2.75) is 18.0 Å². The molecule has 1 aromatic carbocycles. The maximum Gasteiger partial charge on any atom is 0.417 e. The summed E-state index contributed by atoms with van der Waals surface area (Å²) in [5.41, 5.74) is -2.10. The van der Waals surface area contributed by atoms with E-state index in [1.165, 1.54) is 6.92 Å². The molecule has 0 spiro atoms. The van der Waals surface area contributed by atoms with Crippen molar-refractivity contribution >= 4 is 18.6 Å². The Labute approximate surface area is 107 Å². The van der Waals surface area contributed by atoms with Gasteiger partial charge in [-0.15, -0.1) is 12.6 Å². The molecule has 1 aromatic rings. The maximum atomic E-state index is 12.8. The van der Waals surface area contributed by atoms with Crippen LogP contribution in [0.25, 0.3) is 0 Å². The minimum Gasteiger partial charge on any atom is -0.462 e. The Balaban J connectivity index is 3.45. The average molecular weight is 275 g/mol. The Kier molecular flexibility index (Phi) is 4.24. The fraction of sp³-hybridized carbons (Fsp3) is 0.273. The lowest BCUT2D eigenvalue weighted by Gasteiger charge is -2.13. The zero-order valence-corrected chi connectivity index (χ0v) is 10.1. The highest BCUT2D eigenvalue weighted by molar-refractivity contribution is 7.80. The molecule has 0 aliphatic rings. The summed E-state index contributed by atoms with van der Waals surface area (Å²) in [5, 5.41) is 8.66. The van der Waals surface area contributed by atoms with Crippen LogP contribution in [0.2, 0.25) is 0 Å². The van der Waals surface area contributed by atoms with Crippen LogP contribution in [0.4, 0.5) is 13.2 Å². The molecule has 7 heteroatoms. The molecule has 0 heterocycles. The van der Waals surface area contributed by atoms with E-state index < -0.39 is 23.3 Å². The monoisotopic (exact) mass is 275 g/mol. The van der Waals surface area contributed by atoms with Crippen LogP contribution >= 0.6 is 12.6 Å². The first-order chi connectivity index (χ1) is 8.31. The van der Waals surface area contributed by atoms with Crippen LogP contribution in [0.1, 0.15) is 28.4 Å². The lowest BCUT2D eigenvalue weighted by molar-refractivity contribution is -0.138. The fourth-order valence-electron chi connectivity index (χ4n) is 1.29. The highest BCUT2D eigenvalue weighted by atomic mass is 32.1. The summed E-state index contributed by atoms with van der Waals surface area (Å²) in [5.74, 6) is -1.09. The topological polar surface area (TPSA) is 50.1 Å². The van der Waals surface area contributed by atoms with Crippen LogP contribution in [-0.2, 0) is 10.9 Å². The number of benzene rings is 1. The number of thiol groups is 1. The number of alkyl halides is 3. The largest absolute Gasteiger partial charge is 0.462 e. The maximum absolute atomic E-state index is 12.8. The molecule has 0 bridgehead atoms. The van der Waals surface area contributed by atoms with Gasteiger partial charge in [0.1, 0.15) is 6.07 Å². The first-order valence-electron chi connectivity index (χ1n) is 4.82. The highest BCUT2D eigenvalue weighted by Gasteiger charge is 2.36. The van der Waals surface area contributed by atoms with E-state index in [0.717, 1.165) is 6.07 Å². The van der Waals surface area contributed by atoms with E-state index >= 15 is 0 Å². The molecule has 0 fully saturated rings. The van der Waals surface area contributed by atoms with Gasteiger partial charge in [0.2, 0.25) is 0 Å². The van der Waals surface area contributed by atoms with Crippen LogP contribution in [0.5, 0.6) is 0 Å². The number of esters is 1. The number of carbonyl (C=O) groups is 1. The lowest BCUT2D eigenvalue weighted by atomic mass is 10.0.